The number of carbonyl (C=O) groups is 1. The molecule has 2 aliphatic heterocycles. The third kappa shape index (κ3) is 2.40. The number of fused-ring (bicyclic) bond motifs is 1. The van der Waals surface area contributed by atoms with Gasteiger partial charge in [0, 0.05) is 29.8 Å². The number of benzene rings is 1. The molecule has 2 aliphatic rings. The highest BCUT2D eigenvalue weighted by atomic mass is 32.2. The lowest BCUT2D eigenvalue weighted by Gasteiger charge is -2.29. The molecule has 0 bridgehead atoms. The Kier molecular flexibility index (Phi) is 3.57. The number of para-hydroxylation sites is 1. The molecule has 0 radical (unpaired) electrons. The summed E-state index contributed by atoms with van der Waals surface area (Å²) in [4.78, 5) is 13.5. The number of rotatable bonds is 2. The fraction of sp³-hybridized carbons (Fsp3) is 0.500. The van der Waals surface area contributed by atoms with E-state index in [1.54, 1.807) is 11.8 Å². The van der Waals surface area contributed by atoms with Gasteiger partial charge in [-0.2, -0.15) is 0 Å². The fourth-order valence-electron chi connectivity index (χ4n) is 2.40. The van der Waals surface area contributed by atoms with Gasteiger partial charge in [0.05, 0.1) is 0 Å². The second-order valence-electron chi connectivity index (χ2n) is 4.65. The van der Waals surface area contributed by atoms with E-state index in [0.29, 0.717) is 13.2 Å². The topological polar surface area (TPSA) is 35.5 Å². The van der Waals surface area contributed by atoms with Crippen LogP contribution in [0, 0.1) is 5.92 Å². The Balaban J connectivity index is 1.69. The second kappa shape index (κ2) is 5.33. The molecule has 0 N–H and O–H groups in total. The van der Waals surface area contributed by atoms with Crippen molar-refractivity contribution in [2.75, 3.05) is 19.0 Å². The molecule has 0 aromatic heterocycles. The van der Waals surface area contributed by atoms with Crippen molar-refractivity contribution in [2.24, 2.45) is 5.92 Å². The van der Waals surface area contributed by atoms with Crippen LogP contribution in [0.5, 0.6) is 5.75 Å². The molecule has 18 heavy (non-hydrogen) atoms. The minimum atomic E-state index is -0.284. The zero-order valence-electron chi connectivity index (χ0n) is 10.1. The summed E-state index contributed by atoms with van der Waals surface area (Å²) in [5.41, 5.74) is 0. The molecule has 96 valence electrons. The normalized spacial score (nSPS) is 24.1. The first-order chi connectivity index (χ1) is 8.84. The van der Waals surface area contributed by atoms with Crippen molar-refractivity contribution in [1.29, 1.82) is 0 Å². The standard InChI is InChI=1S/C14H16O3S/c15-14(10-5-7-16-8-6-10)12-9-18-13-4-2-1-3-11(13)17-12/h1-4,10,12H,5-9H2. The summed E-state index contributed by atoms with van der Waals surface area (Å²) in [5, 5.41) is 0. The number of Topliss-reactive ketones (excluding diaryl/α,β-unsaturated/α-hetero) is 1. The summed E-state index contributed by atoms with van der Waals surface area (Å²) in [6, 6.07) is 7.91. The molecule has 0 aliphatic carbocycles. The van der Waals surface area contributed by atoms with Gasteiger partial charge in [-0.05, 0) is 25.0 Å². The second-order valence-corrected chi connectivity index (χ2v) is 5.72. The number of carbonyl (C=O) groups excluding carboxylic acids is 1. The lowest BCUT2D eigenvalue weighted by atomic mass is 9.92. The van der Waals surface area contributed by atoms with Crippen molar-refractivity contribution in [1.82, 2.24) is 0 Å². The van der Waals surface area contributed by atoms with E-state index in [0.717, 1.165) is 29.2 Å². The first kappa shape index (κ1) is 12.1. The average molecular weight is 264 g/mol. The first-order valence-electron chi connectivity index (χ1n) is 6.34. The van der Waals surface area contributed by atoms with Gasteiger partial charge in [-0.1, -0.05) is 12.1 Å². The highest BCUT2D eigenvalue weighted by molar-refractivity contribution is 7.99. The van der Waals surface area contributed by atoms with E-state index < -0.39 is 0 Å². The maximum absolute atomic E-state index is 12.4. The highest BCUT2D eigenvalue weighted by Crippen LogP contribution is 2.36. The van der Waals surface area contributed by atoms with Crippen molar-refractivity contribution < 1.29 is 14.3 Å². The SMILES string of the molecule is O=C(C1CCOCC1)C1CSc2ccccc2O1. The van der Waals surface area contributed by atoms with Crippen molar-refractivity contribution in [2.45, 2.75) is 23.8 Å². The average Bonchev–Trinajstić information content (AvgIpc) is 2.47. The van der Waals surface area contributed by atoms with Crippen LogP contribution in [-0.4, -0.2) is 30.9 Å². The zero-order valence-corrected chi connectivity index (χ0v) is 10.9. The van der Waals surface area contributed by atoms with Crippen molar-refractivity contribution in [3.63, 3.8) is 0 Å². The van der Waals surface area contributed by atoms with Crippen molar-refractivity contribution in [3.8, 4) is 5.75 Å². The van der Waals surface area contributed by atoms with E-state index in [1.165, 1.54) is 0 Å². The molecule has 1 aromatic rings. The Morgan fingerprint density at radius 2 is 2.00 bits per heavy atom. The van der Waals surface area contributed by atoms with Crippen LogP contribution in [0.15, 0.2) is 29.2 Å². The Morgan fingerprint density at radius 1 is 1.22 bits per heavy atom. The molecule has 0 amide bonds. The van der Waals surface area contributed by atoms with E-state index in [1.807, 2.05) is 24.3 Å². The van der Waals surface area contributed by atoms with Crippen LogP contribution >= 0.6 is 11.8 Å². The van der Waals surface area contributed by atoms with Crippen LogP contribution in [0.2, 0.25) is 0 Å². The van der Waals surface area contributed by atoms with Gasteiger partial charge in [0.1, 0.15) is 5.75 Å². The van der Waals surface area contributed by atoms with E-state index in [9.17, 15) is 4.79 Å². The summed E-state index contributed by atoms with van der Waals surface area (Å²) >= 11 is 1.71. The predicted molar refractivity (Wildman–Crippen MR) is 70.1 cm³/mol. The Labute approximate surface area is 111 Å². The van der Waals surface area contributed by atoms with Gasteiger partial charge in [-0.15, -0.1) is 11.8 Å². The monoisotopic (exact) mass is 264 g/mol. The summed E-state index contributed by atoms with van der Waals surface area (Å²) < 4.78 is 11.1. The quantitative estimate of drug-likeness (QED) is 0.822. The Bertz CT molecular complexity index is 440. The van der Waals surface area contributed by atoms with Gasteiger partial charge in [-0.3, -0.25) is 4.79 Å². The van der Waals surface area contributed by atoms with Gasteiger partial charge in [0.2, 0.25) is 0 Å². The third-order valence-corrected chi connectivity index (χ3v) is 4.57. The number of hydrogen-bond acceptors (Lipinski definition) is 4. The van der Waals surface area contributed by atoms with Gasteiger partial charge in [0.25, 0.3) is 0 Å². The maximum Gasteiger partial charge on any atom is 0.177 e. The Hall–Kier alpha value is -1.00. The van der Waals surface area contributed by atoms with Crippen LogP contribution < -0.4 is 4.74 Å². The molecule has 3 nitrogen and oxygen atoms in total. The predicted octanol–water partition coefficient (Wildman–Crippen LogP) is 2.54. The van der Waals surface area contributed by atoms with Crippen LogP contribution in [0.25, 0.3) is 0 Å². The minimum Gasteiger partial charge on any atom is -0.481 e. The van der Waals surface area contributed by atoms with Gasteiger partial charge in [-0.25, -0.2) is 0 Å². The van der Waals surface area contributed by atoms with Gasteiger partial charge >= 0.3 is 0 Å². The van der Waals surface area contributed by atoms with E-state index in [2.05, 4.69) is 0 Å². The van der Waals surface area contributed by atoms with E-state index in [-0.39, 0.29) is 17.8 Å². The van der Waals surface area contributed by atoms with Gasteiger partial charge < -0.3 is 9.47 Å². The molecule has 1 atom stereocenters. The number of thioether (sulfide) groups is 1. The lowest BCUT2D eigenvalue weighted by Crippen LogP contribution is -2.38. The minimum absolute atomic E-state index is 0.120. The lowest BCUT2D eigenvalue weighted by molar-refractivity contribution is -0.131. The molecular formula is C14H16O3S. The van der Waals surface area contributed by atoms with Crippen LogP contribution in [0.1, 0.15) is 12.8 Å². The molecular weight excluding hydrogens is 248 g/mol. The molecule has 1 unspecified atom stereocenters. The number of ketones is 1. The highest BCUT2D eigenvalue weighted by Gasteiger charge is 2.32. The molecule has 0 spiro atoms. The molecule has 4 heteroatoms. The molecule has 1 saturated heterocycles. The fourth-order valence-corrected chi connectivity index (χ4v) is 3.40. The first-order valence-corrected chi connectivity index (χ1v) is 7.33. The molecule has 2 heterocycles. The largest absolute Gasteiger partial charge is 0.481 e. The van der Waals surface area contributed by atoms with E-state index >= 15 is 0 Å². The number of ether oxygens (including phenoxy) is 2. The van der Waals surface area contributed by atoms with Crippen molar-refractivity contribution in [3.05, 3.63) is 24.3 Å². The van der Waals surface area contributed by atoms with E-state index in [4.69, 9.17) is 9.47 Å². The molecule has 1 aromatic carbocycles. The molecule has 0 saturated carbocycles. The smallest absolute Gasteiger partial charge is 0.177 e. The zero-order chi connectivity index (χ0) is 12.4. The molecule has 1 fully saturated rings. The van der Waals surface area contributed by atoms with Crippen LogP contribution in [-0.2, 0) is 9.53 Å². The third-order valence-electron chi connectivity index (χ3n) is 3.45. The molecule has 3 rings (SSSR count). The summed E-state index contributed by atoms with van der Waals surface area (Å²) in [7, 11) is 0. The van der Waals surface area contributed by atoms with Crippen LogP contribution in [0.3, 0.4) is 0 Å². The number of hydrogen-bond donors (Lipinski definition) is 0. The Morgan fingerprint density at radius 3 is 2.83 bits per heavy atom. The van der Waals surface area contributed by atoms with Gasteiger partial charge in [0.15, 0.2) is 11.9 Å². The summed E-state index contributed by atoms with van der Waals surface area (Å²) in [5.74, 6) is 1.95. The van der Waals surface area contributed by atoms with Crippen molar-refractivity contribution >= 4 is 17.5 Å². The van der Waals surface area contributed by atoms with Crippen LogP contribution in [0.4, 0.5) is 0 Å². The maximum atomic E-state index is 12.4. The summed E-state index contributed by atoms with van der Waals surface area (Å²) in [6.45, 7) is 1.40. The summed E-state index contributed by atoms with van der Waals surface area (Å²) in [6.07, 6.45) is 1.39.